The maximum atomic E-state index is 13.4. The van der Waals surface area contributed by atoms with Crippen LogP contribution in [0.3, 0.4) is 0 Å². The lowest BCUT2D eigenvalue weighted by Gasteiger charge is -2.18. The molecule has 0 saturated carbocycles. The second-order valence-corrected chi connectivity index (χ2v) is 7.00. The molecule has 3 aromatic rings. The van der Waals surface area contributed by atoms with Crippen molar-refractivity contribution in [1.82, 2.24) is 14.5 Å². The van der Waals surface area contributed by atoms with Gasteiger partial charge < -0.3 is 4.90 Å². The van der Waals surface area contributed by atoms with Crippen molar-refractivity contribution < 1.29 is 13.2 Å². The Balaban J connectivity index is 1.97. The number of rotatable bonds is 3. The highest BCUT2D eigenvalue weighted by molar-refractivity contribution is 6.15. The minimum Gasteiger partial charge on any atom is -0.304 e. The number of halogens is 3. The molecule has 2 aromatic carbocycles. The summed E-state index contributed by atoms with van der Waals surface area (Å²) in [6.45, 7) is 0.858. The molecule has 0 spiro atoms. The van der Waals surface area contributed by atoms with Crippen LogP contribution in [0.15, 0.2) is 59.7 Å². The van der Waals surface area contributed by atoms with Crippen molar-refractivity contribution in [2.45, 2.75) is 19.3 Å². The van der Waals surface area contributed by atoms with E-state index in [1.165, 1.54) is 12.1 Å². The van der Waals surface area contributed by atoms with E-state index in [0.29, 0.717) is 35.9 Å². The van der Waals surface area contributed by atoms with Crippen LogP contribution in [0, 0.1) is 0 Å². The van der Waals surface area contributed by atoms with Crippen LogP contribution in [0.4, 0.5) is 13.2 Å². The van der Waals surface area contributed by atoms with E-state index in [1.54, 1.807) is 6.20 Å². The average molecular weight is 384 g/mol. The van der Waals surface area contributed by atoms with Crippen LogP contribution >= 0.6 is 0 Å². The lowest BCUT2D eigenvalue weighted by molar-refractivity contribution is -0.137. The first kappa shape index (κ1) is 18.4. The molecular formula is C21H19F3N4. The number of nitrogens with zero attached hydrogens (tertiary/aromatic N) is 4. The van der Waals surface area contributed by atoms with Crippen molar-refractivity contribution in [2.24, 2.45) is 4.99 Å². The predicted octanol–water partition coefficient (Wildman–Crippen LogP) is 4.30. The third kappa shape index (κ3) is 3.33. The zero-order chi connectivity index (χ0) is 19.9. The van der Waals surface area contributed by atoms with Gasteiger partial charge in [0.05, 0.1) is 35.4 Å². The molecular weight excluding hydrogens is 365 g/mol. The van der Waals surface area contributed by atoms with Gasteiger partial charge in [-0.3, -0.25) is 9.56 Å². The highest BCUT2D eigenvalue weighted by atomic mass is 19.4. The zero-order valence-corrected chi connectivity index (χ0v) is 15.5. The summed E-state index contributed by atoms with van der Waals surface area (Å²) in [5, 5.41) is 0. The summed E-state index contributed by atoms with van der Waals surface area (Å²) < 4.78 is 42.1. The summed E-state index contributed by atoms with van der Waals surface area (Å²) in [6.07, 6.45) is -2.71. The maximum Gasteiger partial charge on any atom is 0.416 e. The molecule has 4 rings (SSSR count). The van der Waals surface area contributed by atoms with E-state index in [-0.39, 0.29) is 0 Å². The topological polar surface area (TPSA) is 33.4 Å². The van der Waals surface area contributed by atoms with Gasteiger partial charge in [0, 0.05) is 17.7 Å². The van der Waals surface area contributed by atoms with Gasteiger partial charge in [-0.15, -0.1) is 0 Å². The molecule has 144 valence electrons. The van der Waals surface area contributed by atoms with Crippen LogP contribution in [-0.4, -0.2) is 34.3 Å². The first-order valence-electron chi connectivity index (χ1n) is 8.86. The molecule has 2 heterocycles. The monoisotopic (exact) mass is 384 g/mol. The molecule has 0 radical (unpaired) electrons. The molecule has 0 unspecified atom stereocenters. The smallest absolute Gasteiger partial charge is 0.304 e. The first-order chi connectivity index (χ1) is 13.3. The van der Waals surface area contributed by atoms with Gasteiger partial charge in [-0.1, -0.05) is 36.4 Å². The fourth-order valence-corrected chi connectivity index (χ4v) is 3.44. The first-order valence-corrected chi connectivity index (χ1v) is 8.86. The molecule has 1 aromatic heterocycles. The van der Waals surface area contributed by atoms with Gasteiger partial charge in [-0.25, -0.2) is 4.98 Å². The summed E-state index contributed by atoms with van der Waals surface area (Å²) in [7, 11) is 3.82. The minimum atomic E-state index is -4.42. The number of benzene rings is 2. The Morgan fingerprint density at radius 1 is 1.07 bits per heavy atom. The van der Waals surface area contributed by atoms with Crippen molar-refractivity contribution in [1.29, 1.82) is 0 Å². The van der Waals surface area contributed by atoms with Crippen LogP contribution in [0.1, 0.15) is 28.2 Å². The van der Waals surface area contributed by atoms with Crippen molar-refractivity contribution in [2.75, 3.05) is 14.1 Å². The molecule has 0 fully saturated rings. The Bertz CT molecular complexity index is 1030. The Morgan fingerprint density at radius 2 is 1.82 bits per heavy atom. The van der Waals surface area contributed by atoms with E-state index in [2.05, 4.69) is 4.98 Å². The standard InChI is InChI=1S/C21H19F3N4/c1-27(2)13-16-11-25-19-12-26-20(14-6-4-3-5-7-14)17-9-8-15(21(22,23)24)10-18(17)28(16)19/h3-11H,12-13H2,1-2H3. The molecule has 0 bridgehead atoms. The largest absolute Gasteiger partial charge is 0.416 e. The van der Waals surface area contributed by atoms with Crippen LogP contribution in [0.25, 0.3) is 5.69 Å². The van der Waals surface area contributed by atoms with Gasteiger partial charge in [0.1, 0.15) is 5.82 Å². The summed E-state index contributed by atoms with van der Waals surface area (Å²) in [5.74, 6) is 0.628. The molecule has 0 amide bonds. The van der Waals surface area contributed by atoms with E-state index in [9.17, 15) is 13.2 Å². The highest BCUT2D eigenvalue weighted by Crippen LogP contribution is 2.34. The predicted molar refractivity (Wildman–Crippen MR) is 102 cm³/mol. The van der Waals surface area contributed by atoms with Gasteiger partial charge in [0.25, 0.3) is 0 Å². The molecule has 0 saturated heterocycles. The number of fused-ring (bicyclic) bond motifs is 3. The molecule has 4 nitrogen and oxygen atoms in total. The van der Waals surface area contributed by atoms with Crippen LogP contribution < -0.4 is 0 Å². The Morgan fingerprint density at radius 3 is 2.50 bits per heavy atom. The lowest BCUT2D eigenvalue weighted by atomic mass is 9.98. The number of aromatic nitrogens is 2. The molecule has 28 heavy (non-hydrogen) atoms. The SMILES string of the molecule is CN(C)Cc1cnc2n1-c1cc(C(F)(F)F)ccc1C(c1ccccc1)=NC2. The van der Waals surface area contributed by atoms with Gasteiger partial charge in [-0.05, 0) is 26.2 Å². The molecule has 0 N–H and O–H groups in total. The maximum absolute atomic E-state index is 13.4. The normalized spacial score (nSPS) is 13.7. The molecule has 1 aliphatic heterocycles. The van der Waals surface area contributed by atoms with Gasteiger partial charge in [-0.2, -0.15) is 13.2 Å². The summed E-state index contributed by atoms with van der Waals surface area (Å²) >= 11 is 0. The lowest BCUT2D eigenvalue weighted by Crippen LogP contribution is -2.17. The summed E-state index contributed by atoms with van der Waals surface area (Å²) in [4.78, 5) is 11.1. The number of alkyl halides is 3. The zero-order valence-electron chi connectivity index (χ0n) is 15.5. The summed E-state index contributed by atoms with van der Waals surface area (Å²) in [6, 6.07) is 13.3. The van der Waals surface area contributed by atoms with Gasteiger partial charge in [0.15, 0.2) is 0 Å². The Labute approximate surface area is 161 Å². The van der Waals surface area contributed by atoms with E-state index in [0.717, 1.165) is 17.3 Å². The van der Waals surface area contributed by atoms with E-state index < -0.39 is 11.7 Å². The van der Waals surface area contributed by atoms with Crippen molar-refractivity contribution in [3.8, 4) is 5.69 Å². The number of aliphatic imine (C=N–C) groups is 1. The number of hydrogen-bond acceptors (Lipinski definition) is 3. The summed E-state index contributed by atoms with van der Waals surface area (Å²) in [5.41, 5.74) is 2.80. The molecule has 0 atom stereocenters. The van der Waals surface area contributed by atoms with Gasteiger partial charge >= 0.3 is 6.18 Å². The van der Waals surface area contributed by atoms with E-state index >= 15 is 0 Å². The number of hydrogen-bond donors (Lipinski definition) is 0. The quantitative estimate of drug-likeness (QED) is 0.675. The highest BCUT2D eigenvalue weighted by Gasteiger charge is 2.32. The number of imidazole rings is 1. The third-order valence-electron chi connectivity index (χ3n) is 4.63. The Hall–Kier alpha value is -2.93. The van der Waals surface area contributed by atoms with Crippen molar-refractivity contribution >= 4 is 5.71 Å². The fraction of sp³-hybridized carbons (Fsp3) is 0.238. The van der Waals surface area contributed by atoms with E-state index in [4.69, 9.17) is 4.99 Å². The molecule has 7 heteroatoms. The molecule has 0 aliphatic carbocycles. The van der Waals surface area contributed by atoms with Gasteiger partial charge in [0.2, 0.25) is 0 Å². The van der Waals surface area contributed by atoms with Crippen LogP contribution in [0.2, 0.25) is 0 Å². The second-order valence-electron chi connectivity index (χ2n) is 7.00. The van der Waals surface area contributed by atoms with E-state index in [1.807, 2.05) is 53.9 Å². The molecule has 1 aliphatic rings. The Kier molecular flexibility index (Phi) is 4.55. The fourth-order valence-electron chi connectivity index (χ4n) is 3.44. The van der Waals surface area contributed by atoms with Crippen LogP contribution in [0.5, 0.6) is 0 Å². The second kappa shape index (κ2) is 6.91. The minimum absolute atomic E-state index is 0.299. The van der Waals surface area contributed by atoms with Crippen molar-refractivity contribution in [3.05, 3.63) is 82.9 Å². The van der Waals surface area contributed by atoms with Crippen molar-refractivity contribution in [3.63, 3.8) is 0 Å². The average Bonchev–Trinajstić information content (AvgIpc) is 2.95. The van der Waals surface area contributed by atoms with Crippen LogP contribution in [-0.2, 0) is 19.3 Å². The third-order valence-corrected chi connectivity index (χ3v) is 4.63.